The van der Waals surface area contributed by atoms with E-state index in [2.05, 4.69) is 6.92 Å². The van der Waals surface area contributed by atoms with Crippen molar-refractivity contribution in [2.24, 2.45) is 40.4 Å². The van der Waals surface area contributed by atoms with E-state index in [4.69, 9.17) is 11.3 Å². The third-order valence-electron chi connectivity index (χ3n) is 13.7. The van der Waals surface area contributed by atoms with Crippen LogP contribution in [0.4, 0.5) is 0 Å². The Hall–Kier alpha value is -0.380. The van der Waals surface area contributed by atoms with E-state index in [1.807, 2.05) is 0 Å². The average Bonchev–Trinajstić information content (AvgIpc) is 3.39. The van der Waals surface area contributed by atoms with Crippen LogP contribution in [0.3, 0.4) is 0 Å². The van der Waals surface area contributed by atoms with Crippen LogP contribution in [0.15, 0.2) is 12.2 Å². The van der Waals surface area contributed by atoms with Gasteiger partial charge in [0.15, 0.2) is 0 Å². The van der Waals surface area contributed by atoms with Gasteiger partial charge in [0.05, 0.1) is 23.4 Å². The summed E-state index contributed by atoms with van der Waals surface area (Å²) in [7, 11) is 0. The van der Waals surface area contributed by atoms with E-state index in [0.29, 0.717) is 29.3 Å². The molecule has 2 N–H and O–H groups in total. The van der Waals surface area contributed by atoms with Gasteiger partial charge in [-0.25, -0.2) is 0 Å². The summed E-state index contributed by atoms with van der Waals surface area (Å²) in [6.07, 6.45) is 24.6. The number of aliphatic hydroxyl groups excluding tert-OH is 1. The highest BCUT2D eigenvalue weighted by molar-refractivity contribution is 5.26. The third kappa shape index (κ3) is 4.22. The fourth-order valence-electron chi connectivity index (χ4n) is 11.9. The molecule has 0 aromatic rings. The minimum absolute atomic E-state index is 0.182. The molecular weight excluding hydrogens is 456 g/mol. The molecule has 10 unspecified atom stereocenters. The second-order valence-electron chi connectivity index (χ2n) is 15.9. The molecule has 0 radical (unpaired) electrons. The van der Waals surface area contributed by atoms with Gasteiger partial charge < -0.3 is 14.9 Å². The number of allylic oxidation sites excluding steroid dienone is 1. The van der Waals surface area contributed by atoms with Crippen LogP contribution in [-0.4, -0.2) is 33.6 Å². The van der Waals surface area contributed by atoms with Crippen molar-refractivity contribution in [1.82, 2.24) is 0 Å². The molecule has 1 heterocycles. The Bertz CT molecular complexity index is 893. The molecule has 7 aliphatic rings. The molecule has 2 bridgehead atoms. The van der Waals surface area contributed by atoms with Crippen molar-refractivity contribution in [3.8, 4) is 0 Å². The summed E-state index contributed by atoms with van der Waals surface area (Å²) in [5, 5.41) is 21.3. The third-order valence-corrected chi connectivity index (χ3v) is 13.7. The number of aliphatic hydroxyl groups is 2. The van der Waals surface area contributed by atoms with E-state index < -0.39 is 5.60 Å². The van der Waals surface area contributed by atoms with Crippen molar-refractivity contribution >= 4 is 0 Å². The van der Waals surface area contributed by atoms with Gasteiger partial charge in [-0.15, -0.1) is 0 Å². The number of rotatable bonds is 4. The number of fused-ring (bicyclic) bond motifs is 4. The molecule has 1 aliphatic heterocycles. The molecule has 2 spiro atoms. The van der Waals surface area contributed by atoms with Gasteiger partial charge in [0.1, 0.15) is 0 Å². The topological polar surface area (TPSA) is 53.0 Å². The van der Waals surface area contributed by atoms with Crippen molar-refractivity contribution in [2.45, 2.75) is 159 Å². The molecule has 7 fully saturated rings. The predicted octanol–water partition coefficient (Wildman–Crippen LogP) is 7.73. The molecule has 10 atom stereocenters. The summed E-state index contributed by atoms with van der Waals surface area (Å²) in [5.74, 6) is 4.09. The largest absolute Gasteiger partial charge is 0.393 e. The smallest absolute Gasteiger partial charge is 0.0957 e. The number of hydrogen-bond donors (Lipinski definition) is 2. The van der Waals surface area contributed by atoms with Crippen LogP contribution >= 0.6 is 0 Å². The fourth-order valence-corrected chi connectivity index (χ4v) is 11.9. The molecule has 208 valence electrons. The van der Waals surface area contributed by atoms with Crippen molar-refractivity contribution in [3.63, 3.8) is 0 Å². The van der Waals surface area contributed by atoms with Crippen LogP contribution in [0.2, 0.25) is 0 Å². The maximum Gasteiger partial charge on any atom is 0.0957 e. The Morgan fingerprint density at radius 3 is 2.51 bits per heavy atom. The first-order valence-electron chi connectivity index (χ1n) is 16.5. The molecule has 37 heavy (non-hydrogen) atoms. The van der Waals surface area contributed by atoms with E-state index in [0.717, 1.165) is 55.8 Å². The van der Waals surface area contributed by atoms with Gasteiger partial charge >= 0.3 is 0 Å². The molecule has 6 aliphatic carbocycles. The highest BCUT2D eigenvalue weighted by Gasteiger charge is 2.70. The van der Waals surface area contributed by atoms with Crippen LogP contribution in [-0.2, 0) is 4.74 Å². The van der Waals surface area contributed by atoms with Crippen LogP contribution in [0.1, 0.15) is 135 Å². The minimum Gasteiger partial charge on any atom is -0.393 e. The molecule has 0 aromatic carbocycles. The molecule has 1 saturated heterocycles. The van der Waals surface area contributed by atoms with E-state index in [1.54, 1.807) is 5.57 Å². The van der Waals surface area contributed by atoms with Crippen LogP contribution in [0.5, 0.6) is 0 Å². The lowest BCUT2D eigenvalue weighted by atomic mass is 9.42. The van der Waals surface area contributed by atoms with Gasteiger partial charge in [-0.2, -0.15) is 0 Å². The number of ether oxygens (including phenoxy) is 1. The van der Waals surface area contributed by atoms with Crippen molar-refractivity contribution in [2.75, 3.05) is 0 Å². The van der Waals surface area contributed by atoms with Crippen LogP contribution in [0, 0.1) is 40.4 Å². The van der Waals surface area contributed by atoms with Gasteiger partial charge in [-0.1, -0.05) is 44.8 Å². The molecule has 3 heteroatoms. The maximum atomic E-state index is 11.2. The first-order valence-corrected chi connectivity index (χ1v) is 16.5. The summed E-state index contributed by atoms with van der Waals surface area (Å²) < 4.78 is 6.91. The summed E-state index contributed by atoms with van der Waals surface area (Å²) in [6.45, 7) is 7.57. The van der Waals surface area contributed by atoms with Gasteiger partial charge in [0.2, 0.25) is 0 Å². The van der Waals surface area contributed by atoms with Gasteiger partial charge in [-0.05, 0) is 131 Å². The average molecular weight is 511 g/mol. The summed E-state index contributed by atoms with van der Waals surface area (Å²) in [4.78, 5) is 0. The lowest BCUT2D eigenvalue weighted by Crippen LogP contribution is -2.55. The monoisotopic (exact) mass is 510 g/mol. The zero-order valence-corrected chi connectivity index (χ0v) is 23.7. The lowest BCUT2D eigenvalue weighted by molar-refractivity contribution is -0.116. The van der Waals surface area contributed by atoms with Crippen LogP contribution in [0.25, 0.3) is 0 Å². The number of epoxide rings is 1. The van der Waals surface area contributed by atoms with E-state index in [-0.39, 0.29) is 11.7 Å². The number of hydrogen-bond acceptors (Lipinski definition) is 3. The maximum absolute atomic E-state index is 11.2. The predicted molar refractivity (Wildman–Crippen MR) is 148 cm³/mol. The Morgan fingerprint density at radius 2 is 1.70 bits per heavy atom. The molecule has 3 nitrogen and oxygen atoms in total. The second kappa shape index (κ2) is 9.07. The molecule has 6 saturated carbocycles. The zero-order valence-electron chi connectivity index (χ0n) is 23.7. The Morgan fingerprint density at radius 1 is 0.892 bits per heavy atom. The normalized spacial score (nSPS) is 54.0. The second-order valence-corrected chi connectivity index (χ2v) is 15.9. The Kier molecular flexibility index (Phi) is 6.27. The lowest BCUT2D eigenvalue weighted by Gasteiger charge is -2.62. The Labute approximate surface area is 226 Å². The summed E-state index contributed by atoms with van der Waals surface area (Å²) in [5.41, 5.74) is 1.97. The van der Waals surface area contributed by atoms with E-state index in [1.165, 1.54) is 89.9 Å². The molecule has 0 aromatic heterocycles. The van der Waals surface area contributed by atoms with E-state index in [9.17, 15) is 10.2 Å². The van der Waals surface area contributed by atoms with Crippen molar-refractivity contribution < 1.29 is 14.9 Å². The van der Waals surface area contributed by atoms with Gasteiger partial charge in [0, 0.05) is 11.8 Å². The summed E-state index contributed by atoms with van der Waals surface area (Å²) in [6, 6.07) is 0. The summed E-state index contributed by atoms with van der Waals surface area (Å²) >= 11 is 0. The fraction of sp³-hybridized carbons (Fsp3) is 0.941. The Balaban J connectivity index is 1.09. The van der Waals surface area contributed by atoms with Crippen molar-refractivity contribution in [3.05, 3.63) is 12.2 Å². The van der Waals surface area contributed by atoms with E-state index >= 15 is 0 Å². The van der Waals surface area contributed by atoms with Gasteiger partial charge in [-0.3, -0.25) is 0 Å². The van der Waals surface area contributed by atoms with Crippen LogP contribution < -0.4 is 0 Å². The van der Waals surface area contributed by atoms with Gasteiger partial charge in [0.25, 0.3) is 0 Å². The first-order chi connectivity index (χ1) is 17.7. The minimum atomic E-state index is -0.633. The molecule has 0 amide bonds. The van der Waals surface area contributed by atoms with Crippen molar-refractivity contribution in [1.29, 1.82) is 0 Å². The SMILES string of the molecule is C=C1CC2(CCC(CCC3(O)CCCC(O)C3)C2)C2OC23CCCC(C3)C2C1CC2(C)C1CCCCC1. The first kappa shape index (κ1) is 25.6. The zero-order chi connectivity index (χ0) is 25.5. The highest BCUT2D eigenvalue weighted by Crippen LogP contribution is 2.72. The molecule has 7 rings (SSSR count). The molecular formula is C34H54O3. The standard InChI is InChI=1S/C34H54O3/c1-23-18-32(16-12-24(19-32)13-17-33(36)14-7-11-27(35)21-33)30-34(37-30)15-6-8-25(20-34)29-28(23)22-31(29,2)26-9-4-3-5-10-26/h24-30,35-36H,1,3-22H2,2H3. The highest BCUT2D eigenvalue weighted by atomic mass is 16.6. The quantitative estimate of drug-likeness (QED) is 0.300.